The van der Waals surface area contributed by atoms with Gasteiger partial charge in [-0.15, -0.1) is 11.3 Å². The van der Waals surface area contributed by atoms with Gasteiger partial charge in [0.1, 0.15) is 11.5 Å². The van der Waals surface area contributed by atoms with Crippen molar-refractivity contribution in [3.8, 4) is 0 Å². The Morgan fingerprint density at radius 2 is 1.81 bits per heavy atom. The standard InChI is InChI=1S/C24H20F3N5O3S/c1-3-28-23(35)32-19-11-17(31(2)22(34)14-4-7-16(8-5-14)24(25,26)27)9-6-15(19)10-20(32)30-21(33)18-12-36-13-29-18/h4-13H,3H2,1-2H3,(H,28,35)(H,30,33). The van der Waals surface area contributed by atoms with E-state index in [-0.39, 0.29) is 17.1 Å². The van der Waals surface area contributed by atoms with Crippen molar-refractivity contribution in [2.45, 2.75) is 13.1 Å². The van der Waals surface area contributed by atoms with Crippen LogP contribution in [0, 0.1) is 0 Å². The number of alkyl halides is 3. The van der Waals surface area contributed by atoms with Crippen LogP contribution < -0.4 is 15.5 Å². The molecule has 2 heterocycles. The summed E-state index contributed by atoms with van der Waals surface area (Å²) >= 11 is 1.26. The van der Waals surface area contributed by atoms with Crippen LogP contribution in [0.15, 0.2) is 59.4 Å². The Morgan fingerprint density at radius 1 is 1.08 bits per heavy atom. The first-order valence-corrected chi connectivity index (χ1v) is 11.6. The van der Waals surface area contributed by atoms with E-state index in [9.17, 15) is 27.6 Å². The van der Waals surface area contributed by atoms with Gasteiger partial charge in [-0.25, -0.2) is 14.3 Å². The average Bonchev–Trinajstić information content (AvgIpc) is 3.50. The second-order valence-electron chi connectivity index (χ2n) is 7.71. The van der Waals surface area contributed by atoms with Crippen molar-refractivity contribution in [1.29, 1.82) is 0 Å². The largest absolute Gasteiger partial charge is 0.416 e. The molecule has 0 saturated carbocycles. The average molecular weight is 516 g/mol. The van der Waals surface area contributed by atoms with E-state index in [4.69, 9.17) is 0 Å². The van der Waals surface area contributed by atoms with Gasteiger partial charge in [0.05, 0.1) is 16.6 Å². The Balaban J connectivity index is 1.69. The number of aromatic nitrogens is 2. The maximum atomic E-state index is 12.9. The van der Waals surface area contributed by atoms with Crippen molar-refractivity contribution < 1.29 is 27.6 Å². The normalized spacial score (nSPS) is 11.4. The Morgan fingerprint density at radius 3 is 2.42 bits per heavy atom. The van der Waals surface area contributed by atoms with Crippen LogP contribution in [0.4, 0.5) is 29.5 Å². The fourth-order valence-electron chi connectivity index (χ4n) is 3.56. The summed E-state index contributed by atoms with van der Waals surface area (Å²) in [5.41, 5.74) is 1.75. The SMILES string of the molecule is CCNC(=O)n1c(NC(=O)c2cscn2)cc2ccc(N(C)C(=O)c3ccc(C(F)(F)F)cc3)cc21. The highest BCUT2D eigenvalue weighted by Gasteiger charge is 2.30. The molecule has 2 N–H and O–H groups in total. The predicted octanol–water partition coefficient (Wildman–Crippen LogP) is 5.22. The van der Waals surface area contributed by atoms with Gasteiger partial charge >= 0.3 is 12.2 Å². The first kappa shape index (κ1) is 24.9. The van der Waals surface area contributed by atoms with Crippen molar-refractivity contribution in [3.63, 3.8) is 0 Å². The molecule has 4 rings (SSSR count). The number of nitrogens with one attached hydrogen (secondary N) is 2. The van der Waals surface area contributed by atoms with E-state index in [1.165, 1.54) is 33.4 Å². The third-order valence-corrected chi connectivity index (χ3v) is 5.96. The third-order valence-electron chi connectivity index (χ3n) is 5.38. The third kappa shape index (κ3) is 4.93. The maximum Gasteiger partial charge on any atom is 0.416 e. The van der Waals surface area contributed by atoms with Crippen molar-refractivity contribution in [2.24, 2.45) is 0 Å². The van der Waals surface area contributed by atoms with Crippen LogP contribution in [-0.2, 0) is 6.18 Å². The van der Waals surface area contributed by atoms with Gasteiger partial charge < -0.3 is 15.5 Å². The number of hydrogen-bond donors (Lipinski definition) is 2. The Hall–Kier alpha value is -4.19. The Bertz CT molecular complexity index is 1430. The van der Waals surface area contributed by atoms with Crippen LogP contribution in [-0.4, -0.2) is 41.0 Å². The van der Waals surface area contributed by atoms with E-state index in [1.54, 1.807) is 36.6 Å². The molecule has 0 saturated heterocycles. The van der Waals surface area contributed by atoms with Crippen molar-refractivity contribution >= 4 is 51.6 Å². The summed E-state index contributed by atoms with van der Waals surface area (Å²) in [4.78, 5) is 43.6. The van der Waals surface area contributed by atoms with Gasteiger partial charge in [0.25, 0.3) is 11.8 Å². The molecular formula is C24H20F3N5O3S. The molecule has 4 aromatic rings. The number of halogens is 3. The zero-order valence-electron chi connectivity index (χ0n) is 19.1. The minimum absolute atomic E-state index is 0.0703. The summed E-state index contributed by atoms with van der Waals surface area (Å²) < 4.78 is 39.8. The van der Waals surface area contributed by atoms with Crippen LogP contribution in [0.5, 0.6) is 0 Å². The van der Waals surface area contributed by atoms with Gasteiger partial charge in [-0.2, -0.15) is 13.2 Å². The highest BCUT2D eigenvalue weighted by molar-refractivity contribution is 7.07. The molecule has 0 aliphatic rings. The van der Waals surface area contributed by atoms with Crippen molar-refractivity contribution in [2.75, 3.05) is 23.8 Å². The summed E-state index contributed by atoms with van der Waals surface area (Å²) in [6.45, 7) is 2.09. The first-order chi connectivity index (χ1) is 17.1. The summed E-state index contributed by atoms with van der Waals surface area (Å²) in [5, 5.41) is 7.58. The first-order valence-electron chi connectivity index (χ1n) is 10.7. The fourth-order valence-corrected chi connectivity index (χ4v) is 4.09. The van der Waals surface area contributed by atoms with E-state index in [0.717, 1.165) is 24.3 Å². The summed E-state index contributed by atoms with van der Waals surface area (Å²) in [6, 6.07) is 9.96. The molecule has 0 atom stereocenters. The van der Waals surface area contributed by atoms with Crippen LogP contribution >= 0.6 is 11.3 Å². The lowest BCUT2D eigenvalue weighted by atomic mass is 10.1. The lowest BCUT2D eigenvalue weighted by Gasteiger charge is -2.18. The minimum Gasteiger partial charge on any atom is -0.338 e. The number of anilines is 2. The second kappa shape index (κ2) is 9.82. The number of fused-ring (bicyclic) bond motifs is 1. The van der Waals surface area contributed by atoms with Gasteiger partial charge in [-0.1, -0.05) is 6.07 Å². The van der Waals surface area contributed by atoms with Crippen molar-refractivity contribution in [3.05, 3.63) is 76.2 Å². The molecule has 36 heavy (non-hydrogen) atoms. The van der Waals surface area contributed by atoms with E-state index < -0.39 is 29.6 Å². The number of thiazole rings is 1. The molecule has 3 amide bonds. The fraction of sp³-hybridized carbons (Fsp3) is 0.167. The van der Waals surface area contributed by atoms with E-state index in [1.807, 2.05) is 0 Å². The zero-order valence-corrected chi connectivity index (χ0v) is 19.9. The minimum atomic E-state index is -4.50. The molecule has 0 spiro atoms. The molecule has 2 aromatic carbocycles. The second-order valence-corrected chi connectivity index (χ2v) is 8.43. The Labute approximate surface area is 207 Å². The monoisotopic (exact) mass is 515 g/mol. The van der Waals surface area contributed by atoms with Crippen LogP contribution in [0.3, 0.4) is 0 Å². The van der Waals surface area contributed by atoms with Gasteiger partial charge in [0, 0.05) is 35.6 Å². The molecule has 2 aromatic heterocycles. The maximum absolute atomic E-state index is 12.9. The molecule has 0 fully saturated rings. The number of benzene rings is 2. The number of nitrogens with zero attached hydrogens (tertiary/aromatic N) is 3. The molecule has 0 bridgehead atoms. The van der Waals surface area contributed by atoms with Crippen LogP contribution in [0.25, 0.3) is 10.9 Å². The molecule has 0 unspecified atom stereocenters. The number of rotatable bonds is 5. The van der Waals surface area contributed by atoms with Crippen LogP contribution in [0.2, 0.25) is 0 Å². The van der Waals surface area contributed by atoms with Crippen LogP contribution in [0.1, 0.15) is 33.3 Å². The van der Waals surface area contributed by atoms with E-state index in [0.29, 0.717) is 23.1 Å². The quantitative estimate of drug-likeness (QED) is 0.381. The van der Waals surface area contributed by atoms with Gasteiger partial charge in [0.2, 0.25) is 0 Å². The lowest BCUT2D eigenvalue weighted by molar-refractivity contribution is -0.137. The predicted molar refractivity (Wildman–Crippen MR) is 131 cm³/mol. The van der Waals surface area contributed by atoms with Crippen molar-refractivity contribution in [1.82, 2.24) is 14.9 Å². The smallest absolute Gasteiger partial charge is 0.338 e. The number of carbonyl (C=O) groups is 3. The molecule has 12 heteroatoms. The topological polar surface area (TPSA) is 96.3 Å². The molecule has 8 nitrogen and oxygen atoms in total. The van der Waals surface area contributed by atoms with E-state index >= 15 is 0 Å². The number of amides is 3. The summed E-state index contributed by atoms with van der Waals surface area (Å²) in [5.74, 6) is -0.807. The highest BCUT2D eigenvalue weighted by Crippen LogP contribution is 2.31. The van der Waals surface area contributed by atoms with Gasteiger partial charge in [-0.05, 0) is 49.4 Å². The highest BCUT2D eigenvalue weighted by atomic mass is 32.1. The Kier molecular flexibility index (Phi) is 6.80. The molecule has 186 valence electrons. The lowest BCUT2D eigenvalue weighted by Crippen LogP contribution is -2.30. The summed E-state index contributed by atoms with van der Waals surface area (Å²) in [7, 11) is 1.48. The number of carbonyl (C=O) groups excluding carboxylic acids is 3. The van der Waals surface area contributed by atoms with Gasteiger partial charge in [-0.3, -0.25) is 9.59 Å². The summed E-state index contributed by atoms with van der Waals surface area (Å²) in [6.07, 6.45) is -4.50. The molecule has 0 aliphatic carbocycles. The van der Waals surface area contributed by atoms with E-state index in [2.05, 4.69) is 15.6 Å². The molecular weight excluding hydrogens is 495 g/mol. The molecule has 0 radical (unpaired) electrons. The zero-order chi connectivity index (χ0) is 26.0. The molecule has 0 aliphatic heterocycles. The number of hydrogen-bond acceptors (Lipinski definition) is 5. The van der Waals surface area contributed by atoms with Gasteiger partial charge in [0.15, 0.2) is 0 Å².